The van der Waals surface area contributed by atoms with Gasteiger partial charge in [-0.3, -0.25) is 9.59 Å². The van der Waals surface area contributed by atoms with Crippen LogP contribution in [0.15, 0.2) is 0 Å². The van der Waals surface area contributed by atoms with Crippen LogP contribution in [0.4, 0.5) is 0 Å². The van der Waals surface area contributed by atoms with Crippen LogP contribution < -0.4 is 10.6 Å². The number of amides is 1. The molecule has 0 radical (unpaired) electrons. The highest BCUT2D eigenvalue weighted by molar-refractivity contribution is 5.76. The van der Waals surface area contributed by atoms with Gasteiger partial charge in [0.25, 0.3) is 0 Å². The summed E-state index contributed by atoms with van der Waals surface area (Å²) in [6.07, 6.45) is 6.00. The summed E-state index contributed by atoms with van der Waals surface area (Å²) in [6, 6.07) is 0.0677. The van der Waals surface area contributed by atoms with Crippen LogP contribution in [0.3, 0.4) is 0 Å². The van der Waals surface area contributed by atoms with E-state index < -0.39 is 5.97 Å². The standard InChI is InChI=1S/C14H24N2O3/c17-13(6-3-10-2-1-7-15-9-10)16-12-5-4-11(8-12)14(18)19/h10-12,15H,1-9H2,(H,16,17)(H,18,19)/t10?,11-,12+/m1/s1. The van der Waals surface area contributed by atoms with E-state index in [4.69, 9.17) is 5.11 Å². The molecule has 1 aliphatic heterocycles. The molecular formula is C14H24N2O3. The molecule has 1 saturated heterocycles. The molecule has 3 atom stereocenters. The molecule has 1 aliphatic carbocycles. The van der Waals surface area contributed by atoms with Crippen LogP contribution in [0.2, 0.25) is 0 Å². The van der Waals surface area contributed by atoms with E-state index in [1.165, 1.54) is 12.8 Å². The number of nitrogens with one attached hydrogen (secondary N) is 2. The first-order chi connectivity index (χ1) is 9.15. The molecular weight excluding hydrogens is 244 g/mol. The zero-order valence-corrected chi connectivity index (χ0v) is 11.4. The van der Waals surface area contributed by atoms with Gasteiger partial charge < -0.3 is 15.7 Å². The molecule has 1 saturated carbocycles. The molecule has 0 aromatic heterocycles. The second-order valence-electron chi connectivity index (χ2n) is 5.86. The minimum Gasteiger partial charge on any atom is -0.481 e. The normalized spacial score (nSPS) is 31.1. The Balaban J connectivity index is 1.63. The number of carbonyl (C=O) groups is 2. The maximum atomic E-state index is 11.8. The van der Waals surface area contributed by atoms with E-state index in [1.54, 1.807) is 0 Å². The lowest BCUT2D eigenvalue weighted by atomic mass is 9.94. The Bertz CT molecular complexity index is 327. The summed E-state index contributed by atoms with van der Waals surface area (Å²) in [6.45, 7) is 2.12. The van der Waals surface area contributed by atoms with E-state index in [1.807, 2.05) is 0 Å². The van der Waals surface area contributed by atoms with Crippen molar-refractivity contribution in [2.45, 2.75) is 51.0 Å². The highest BCUT2D eigenvalue weighted by Crippen LogP contribution is 2.25. The van der Waals surface area contributed by atoms with E-state index >= 15 is 0 Å². The fourth-order valence-electron chi connectivity index (χ4n) is 3.14. The van der Waals surface area contributed by atoms with Gasteiger partial charge in [0.15, 0.2) is 0 Å². The van der Waals surface area contributed by atoms with Gasteiger partial charge in [0.1, 0.15) is 0 Å². The summed E-state index contributed by atoms with van der Waals surface area (Å²) in [5, 5.41) is 15.3. The molecule has 0 aromatic rings. The van der Waals surface area contributed by atoms with Crippen LogP contribution in [0.5, 0.6) is 0 Å². The smallest absolute Gasteiger partial charge is 0.306 e. The molecule has 1 amide bonds. The number of carboxylic acids is 1. The molecule has 5 nitrogen and oxygen atoms in total. The largest absolute Gasteiger partial charge is 0.481 e. The minimum absolute atomic E-state index is 0.0677. The molecule has 5 heteroatoms. The Morgan fingerprint density at radius 1 is 1.26 bits per heavy atom. The summed E-state index contributed by atoms with van der Waals surface area (Å²) >= 11 is 0. The zero-order chi connectivity index (χ0) is 13.7. The molecule has 1 unspecified atom stereocenters. The summed E-state index contributed by atoms with van der Waals surface area (Å²) in [7, 11) is 0. The van der Waals surface area contributed by atoms with Gasteiger partial charge in [-0.1, -0.05) is 0 Å². The molecule has 108 valence electrons. The van der Waals surface area contributed by atoms with Gasteiger partial charge in [0, 0.05) is 12.5 Å². The van der Waals surface area contributed by atoms with Crippen molar-refractivity contribution < 1.29 is 14.7 Å². The molecule has 19 heavy (non-hydrogen) atoms. The molecule has 1 heterocycles. The van der Waals surface area contributed by atoms with Gasteiger partial charge in [0.2, 0.25) is 5.91 Å². The molecule has 0 bridgehead atoms. The highest BCUT2D eigenvalue weighted by atomic mass is 16.4. The van der Waals surface area contributed by atoms with Crippen molar-refractivity contribution in [3.05, 3.63) is 0 Å². The number of carboxylic acid groups (broad SMARTS) is 1. The average Bonchev–Trinajstić information content (AvgIpc) is 2.86. The van der Waals surface area contributed by atoms with Crippen molar-refractivity contribution >= 4 is 11.9 Å². The number of aliphatic carboxylic acids is 1. The SMILES string of the molecule is O=C(CCC1CCCNC1)N[C@H]1CC[C@@H](C(=O)O)C1. The van der Waals surface area contributed by atoms with Crippen LogP contribution in [0, 0.1) is 11.8 Å². The van der Waals surface area contributed by atoms with Gasteiger partial charge in [-0.25, -0.2) is 0 Å². The number of rotatable bonds is 5. The van der Waals surface area contributed by atoms with Gasteiger partial charge in [0.05, 0.1) is 5.92 Å². The number of piperidine rings is 1. The highest BCUT2D eigenvalue weighted by Gasteiger charge is 2.30. The van der Waals surface area contributed by atoms with Crippen LogP contribution in [-0.4, -0.2) is 36.1 Å². The monoisotopic (exact) mass is 268 g/mol. The molecule has 0 spiro atoms. The Morgan fingerprint density at radius 2 is 2.11 bits per heavy atom. The van der Waals surface area contributed by atoms with Crippen LogP contribution in [-0.2, 0) is 9.59 Å². The van der Waals surface area contributed by atoms with Gasteiger partial charge in [-0.05, 0) is 57.5 Å². The molecule has 2 rings (SSSR count). The predicted molar refractivity (Wildman–Crippen MR) is 71.7 cm³/mol. The van der Waals surface area contributed by atoms with E-state index in [0.29, 0.717) is 25.2 Å². The summed E-state index contributed by atoms with van der Waals surface area (Å²) in [4.78, 5) is 22.7. The Kier molecular flexibility index (Phi) is 5.19. The average molecular weight is 268 g/mol. The first-order valence-electron chi connectivity index (χ1n) is 7.38. The fraction of sp³-hybridized carbons (Fsp3) is 0.857. The molecule has 2 aliphatic rings. The predicted octanol–water partition coefficient (Wildman–Crippen LogP) is 1.14. The van der Waals surface area contributed by atoms with Crippen LogP contribution in [0.1, 0.15) is 44.9 Å². The van der Waals surface area contributed by atoms with E-state index in [-0.39, 0.29) is 17.9 Å². The Hall–Kier alpha value is -1.10. The second kappa shape index (κ2) is 6.89. The number of hydrogen-bond donors (Lipinski definition) is 3. The zero-order valence-electron chi connectivity index (χ0n) is 11.4. The molecule has 3 N–H and O–H groups in total. The van der Waals surface area contributed by atoms with E-state index in [0.717, 1.165) is 25.9 Å². The maximum Gasteiger partial charge on any atom is 0.306 e. The van der Waals surface area contributed by atoms with Crippen molar-refractivity contribution in [3.63, 3.8) is 0 Å². The van der Waals surface area contributed by atoms with Gasteiger partial charge in [-0.2, -0.15) is 0 Å². The van der Waals surface area contributed by atoms with Crippen molar-refractivity contribution in [3.8, 4) is 0 Å². The van der Waals surface area contributed by atoms with E-state index in [2.05, 4.69) is 10.6 Å². The molecule has 0 aromatic carbocycles. The van der Waals surface area contributed by atoms with Crippen molar-refractivity contribution in [1.29, 1.82) is 0 Å². The number of carbonyl (C=O) groups excluding carboxylic acids is 1. The minimum atomic E-state index is -0.731. The van der Waals surface area contributed by atoms with Gasteiger partial charge in [-0.15, -0.1) is 0 Å². The number of hydrogen-bond acceptors (Lipinski definition) is 3. The molecule has 2 fully saturated rings. The Labute approximate surface area is 114 Å². The summed E-state index contributed by atoms with van der Waals surface area (Å²) in [5.41, 5.74) is 0. The first-order valence-corrected chi connectivity index (χ1v) is 7.38. The maximum absolute atomic E-state index is 11.8. The fourth-order valence-corrected chi connectivity index (χ4v) is 3.14. The van der Waals surface area contributed by atoms with Crippen LogP contribution in [0.25, 0.3) is 0 Å². The topological polar surface area (TPSA) is 78.4 Å². The Morgan fingerprint density at radius 3 is 2.74 bits per heavy atom. The quantitative estimate of drug-likeness (QED) is 0.698. The third-order valence-corrected chi connectivity index (χ3v) is 4.33. The summed E-state index contributed by atoms with van der Waals surface area (Å²) in [5.74, 6) is -0.297. The first kappa shape index (κ1) is 14.3. The van der Waals surface area contributed by atoms with Crippen molar-refractivity contribution in [1.82, 2.24) is 10.6 Å². The lowest BCUT2D eigenvalue weighted by Crippen LogP contribution is -2.35. The van der Waals surface area contributed by atoms with Gasteiger partial charge >= 0.3 is 5.97 Å². The van der Waals surface area contributed by atoms with Crippen molar-refractivity contribution in [2.75, 3.05) is 13.1 Å². The third-order valence-electron chi connectivity index (χ3n) is 4.33. The summed E-state index contributed by atoms with van der Waals surface area (Å²) < 4.78 is 0. The lowest BCUT2D eigenvalue weighted by molar-refractivity contribution is -0.141. The van der Waals surface area contributed by atoms with Crippen LogP contribution >= 0.6 is 0 Å². The third kappa shape index (κ3) is 4.49. The van der Waals surface area contributed by atoms with E-state index in [9.17, 15) is 9.59 Å². The second-order valence-corrected chi connectivity index (χ2v) is 5.86. The lowest BCUT2D eigenvalue weighted by Gasteiger charge is -2.22. The van der Waals surface area contributed by atoms with Crippen molar-refractivity contribution in [2.24, 2.45) is 11.8 Å².